The molecule has 0 heterocycles. The summed E-state index contributed by atoms with van der Waals surface area (Å²) in [5, 5.41) is 0. The molecule has 0 bridgehead atoms. The summed E-state index contributed by atoms with van der Waals surface area (Å²) < 4.78 is 6.12. The molecule has 128 valence electrons. The van der Waals surface area contributed by atoms with Crippen LogP contribution < -0.4 is 4.74 Å². The number of para-hydroxylation sites is 1. The summed E-state index contributed by atoms with van der Waals surface area (Å²) in [6.07, 6.45) is 9.66. The molecule has 1 heteroatoms. The largest absolute Gasteiger partial charge is 0.489 e. The molecule has 0 aromatic heterocycles. The molecule has 0 amide bonds. The second-order valence-electron chi connectivity index (χ2n) is 6.89. The third kappa shape index (κ3) is 5.56. The molecule has 0 saturated carbocycles. The summed E-state index contributed by atoms with van der Waals surface area (Å²) in [5.41, 5.74) is 2.41. The van der Waals surface area contributed by atoms with E-state index in [4.69, 9.17) is 4.74 Å². The number of hydrogen-bond donors (Lipinski definition) is 0. The average molecular weight is 322 g/mol. The van der Waals surface area contributed by atoms with Crippen molar-refractivity contribution >= 4 is 0 Å². The molecule has 0 aliphatic rings. The van der Waals surface area contributed by atoms with Crippen LogP contribution in [0.4, 0.5) is 0 Å². The number of unbranched alkanes of at least 4 members (excludes halogenated alkanes) is 3. The van der Waals surface area contributed by atoms with Gasteiger partial charge in [0.1, 0.15) is 12.4 Å². The van der Waals surface area contributed by atoms with Crippen LogP contribution in [-0.4, -0.2) is 0 Å². The predicted molar refractivity (Wildman–Crippen MR) is 104 cm³/mol. The number of ether oxygens (including phenoxy) is 1. The van der Waals surface area contributed by atoms with E-state index in [0.717, 1.165) is 12.2 Å². The van der Waals surface area contributed by atoms with E-state index in [1.165, 1.54) is 30.4 Å². The van der Waals surface area contributed by atoms with Crippen LogP contribution in [0, 0.1) is 0 Å². The van der Waals surface area contributed by atoms with Gasteiger partial charge >= 0.3 is 0 Å². The van der Waals surface area contributed by atoms with Gasteiger partial charge in [-0.3, -0.25) is 0 Å². The van der Waals surface area contributed by atoms with Crippen molar-refractivity contribution in [3.63, 3.8) is 0 Å². The van der Waals surface area contributed by atoms with Crippen molar-refractivity contribution in [2.45, 2.75) is 58.5 Å². The second kappa shape index (κ2) is 9.32. The van der Waals surface area contributed by atoms with Gasteiger partial charge in [-0.05, 0) is 24.5 Å². The molecular weight excluding hydrogens is 292 g/mol. The van der Waals surface area contributed by atoms with Crippen molar-refractivity contribution in [1.82, 2.24) is 0 Å². The van der Waals surface area contributed by atoms with Gasteiger partial charge in [0.05, 0.1) is 0 Å². The van der Waals surface area contributed by atoms with Gasteiger partial charge in [-0.15, -0.1) is 0 Å². The van der Waals surface area contributed by atoms with E-state index >= 15 is 0 Å². The Morgan fingerprint density at radius 2 is 1.62 bits per heavy atom. The van der Waals surface area contributed by atoms with Gasteiger partial charge < -0.3 is 4.74 Å². The van der Waals surface area contributed by atoms with E-state index in [2.05, 4.69) is 63.3 Å². The van der Waals surface area contributed by atoms with Gasteiger partial charge in [0.25, 0.3) is 0 Å². The number of hydrogen-bond acceptors (Lipinski definition) is 1. The summed E-state index contributed by atoms with van der Waals surface area (Å²) in [7, 11) is 0. The van der Waals surface area contributed by atoms with E-state index in [1.807, 2.05) is 24.3 Å². The van der Waals surface area contributed by atoms with Gasteiger partial charge in [-0.2, -0.15) is 0 Å². The number of allylic oxidation sites excluding steroid dienone is 2. The fraction of sp³-hybridized carbons (Fsp3) is 0.391. The van der Waals surface area contributed by atoms with Gasteiger partial charge in [0, 0.05) is 11.0 Å². The van der Waals surface area contributed by atoms with Crippen molar-refractivity contribution in [3.8, 4) is 5.75 Å². The van der Waals surface area contributed by atoms with Gasteiger partial charge in [0.15, 0.2) is 0 Å². The first kappa shape index (κ1) is 18.3. The van der Waals surface area contributed by atoms with Crippen molar-refractivity contribution in [2.24, 2.45) is 0 Å². The molecule has 1 nitrogen and oxygen atoms in total. The molecule has 24 heavy (non-hydrogen) atoms. The lowest BCUT2D eigenvalue weighted by Gasteiger charge is -2.24. The van der Waals surface area contributed by atoms with E-state index < -0.39 is 0 Å². The Morgan fingerprint density at radius 1 is 0.917 bits per heavy atom. The first-order valence-electron chi connectivity index (χ1n) is 9.07. The zero-order chi connectivity index (χ0) is 17.3. The average Bonchev–Trinajstić information content (AvgIpc) is 2.61. The molecule has 2 rings (SSSR count). The Bertz CT molecular complexity index is 625. The molecule has 0 atom stereocenters. The van der Waals surface area contributed by atoms with Gasteiger partial charge in [0.2, 0.25) is 0 Å². The lowest BCUT2D eigenvalue weighted by Crippen LogP contribution is -2.15. The maximum absolute atomic E-state index is 6.12. The summed E-state index contributed by atoms with van der Waals surface area (Å²) in [6.45, 7) is 7.37. The highest BCUT2D eigenvalue weighted by Crippen LogP contribution is 2.33. The quantitative estimate of drug-likeness (QED) is 0.369. The number of rotatable bonds is 9. The number of benzene rings is 2. The van der Waals surface area contributed by atoms with Gasteiger partial charge in [-0.1, -0.05) is 94.3 Å². The van der Waals surface area contributed by atoms with Crippen LogP contribution in [0.5, 0.6) is 5.75 Å². The molecule has 0 spiro atoms. The molecule has 0 unspecified atom stereocenters. The predicted octanol–water partition coefficient (Wildman–Crippen LogP) is 6.68. The minimum absolute atomic E-state index is 0.0283. The van der Waals surface area contributed by atoms with Crippen LogP contribution in [0.25, 0.3) is 0 Å². The SMILES string of the molecule is CCCCC/C=C/C(C)(C)c1ccccc1OCc1ccccc1. The van der Waals surface area contributed by atoms with Crippen molar-refractivity contribution in [3.05, 3.63) is 77.9 Å². The molecule has 0 radical (unpaired) electrons. The summed E-state index contributed by atoms with van der Waals surface area (Å²) in [6, 6.07) is 18.7. The van der Waals surface area contributed by atoms with Crippen LogP contribution in [0.1, 0.15) is 57.6 Å². The highest BCUT2D eigenvalue weighted by molar-refractivity contribution is 5.41. The smallest absolute Gasteiger partial charge is 0.123 e. The van der Waals surface area contributed by atoms with E-state index in [1.54, 1.807) is 0 Å². The molecular formula is C23H30O. The van der Waals surface area contributed by atoms with E-state index in [-0.39, 0.29) is 5.41 Å². The lowest BCUT2D eigenvalue weighted by molar-refractivity contribution is 0.299. The highest BCUT2D eigenvalue weighted by Gasteiger charge is 2.21. The molecule has 0 aliphatic heterocycles. The molecule has 2 aromatic rings. The second-order valence-corrected chi connectivity index (χ2v) is 6.89. The first-order chi connectivity index (χ1) is 11.6. The zero-order valence-electron chi connectivity index (χ0n) is 15.3. The van der Waals surface area contributed by atoms with Crippen molar-refractivity contribution in [2.75, 3.05) is 0 Å². The molecule has 2 aromatic carbocycles. The van der Waals surface area contributed by atoms with Crippen LogP contribution in [0.15, 0.2) is 66.7 Å². The normalized spacial score (nSPS) is 11.8. The summed E-state index contributed by atoms with van der Waals surface area (Å²) in [5.74, 6) is 0.976. The maximum Gasteiger partial charge on any atom is 0.123 e. The fourth-order valence-electron chi connectivity index (χ4n) is 2.84. The molecule has 0 N–H and O–H groups in total. The van der Waals surface area contributed by atoms with Crippen molar-refractivity contribution < 1.29 is 4.74 Å². The summed E-state index contributed by atoms with van der Waals surface area (Å²) in [4.78, 5) is 0. The molecule has 0 saturated heterocycles. The Labute approximate surface area is 147 Å². The summed E-state index contributed by atoms with van der Waals surface area (Å²) >= 11 is 0. The topological polar surface area (TPSA) is 9.23 Å². The standard InChI is InChI=1S/C23H30O/c1-4-5-6-7-13-18-23(2,3)21-16-11-12-17-22(21)24-19-20-14-9-8-10-15-20/h8-18H,4-7,19H2,1-3H3/b18-13+. The van der Waals surface area contributed by atoms with Crippen LogP contribution in [-0.2, 0) is 12.0 Å². The Kier molecular flexibility index (Phi) is 7.11. The first-order valence-corrected chi connectivity index (χ1v) is 9.07. The lowest BCUT2D eigenvalue weighted by atomic mass is 9.83. The fourth-order valence-corrected chi connectivity index (χ4v) is 2.84. The maximum atomic E-state index is 6.12. The Hall–Kier alpha value is -2.02. The third-order valence-corrected chi connectivity index (χ3v) is 4.33. The molecule has 0 aliphatic carbocycles. The Morgan fingerprint density at radius 3 is 2.38 bits per heavy atom. The monoisotopic (exact) mass is 322 g/mol. The minimum atomic E-state index is -0.0283. The van der Waals surface area contributed by atoms with Crippen LogP contribution in [0.2, 0.25) is 0 Å². The van der Waals surface area contributed by atoms with Crippen LogP contribution >= 0.6 is 0 Å². The van der Waals surface area contributed by atoms with Crippen LogP contribution in [0.3, 0.4) is 0 Å². The third-order valence-electron chi connectivity index (χ3n) is 4.33. The van der Waals surface area contributed by atoms with E-state index in [9.17, 15) is 0 Å². The zero-order valence-corrected chi connectivity index (χ0v) is 15.3. The van der Waals surface area contributed by atoms with Crippen molar-refractivity contribution in [1.29, 1.82) is 0 Å². The highest BCUT2D eigenvalue weighted by atomic mass is 16.5. The Balaban J connectivity index is 2.06. The molecule has 0 fully saturated rings. The minimum Gasteiger partial charge on any atom is -0.489 e. The van der Waals surface area contributed by atoms with Gasteiger partial charge in [-0.25, -0.2) is 0 Å². The van der Waals surface area contributed by atoms with E-state index in [0.29, 0.717) is 6.61 Å².